The highest BCUT2D eigenvalue weighted by molar-refractivity contribution is 7.89. The second kappa shape index (κ2) is 7.81. The van der Waals surface area contributed by atoms with Crippen LogP contribution in [0.3, 0.4) is 0 Å². The number of aliphatic hydroxyl groups excluding tert-OH is 2. The third-order valence-electron chi connectivity index (χ3n) is 2.75. The summed E-state index contributed by atoms with van der Waals surface area (Å²) in [6.07, 6.45) is 0. The second-order valence-corrected chi connectivity index (χ2v) is 6.30. The monoisotopic (exact) mass is 339 g/mol. The van der Waals surface area contributed by atoms with Crippen molar-refractivity contribution in [2.45, 2.75) is 4.90 Å². The van der Waals surface area contributed by atoms with Crippen LogP contribution in [0.2, 0.25) is 5.02 Å². The van der Waals surface area contributed by atoms with Gasteiger partial charge in [-0.05, 0) is 0 Å². The van der Waals surface area contributed by atoms with Gasteiger partial charge in [-0.1, -0.05) is 11.6 Å². The molecule has 0 saturated carbocycles. The number of rotatable bonds is 8. The zero-order valence-corrected chi connectivity index (χ0v) is 13.3. The summed E-state index contributed by atoms with van der Waals surface area (Å²) in [7, 11) is -1.28. The summed E-state index contributed by atoms with van der Waals surface area (Å²) >= 11 is 5.94. The minimum absolute atomic E-state index is 0.0571. The molecule has 1 rings (SSSR count). The summed E-state index contributed by atoms with van der Waals surface area (Å²) in [6.45, 7) is -1.02. The lowest BCUT2D eigenvalue weighted by Gasteiger charge is -2.22. The predicted octanol–water partition coefficient (Wildman–Crippen LogP) is 0.333. The molecule has 2 N–H and O–H groups in total. The van der Waals surface area contributed by atoms with E-state index in [0.717, 1.165) is 4.31 Å². The van der Waals surface area contributed by atoms with Crippen LogP contribution in [0, 0.1) is 0 Å². The van der Waals surface area contributed by atoms with Crippen LogP contribution >= 0.6 is 11.6 Å². The molecule has 0 bridgehead atoms. The van der Waals surface area contributed by atoms with Gasteiger partial charge in [0.2, 0.25) is 10.0 Å². The van der Waals surface area contributed by atoms with Crippen LogP contribution < -0.4 is 9.47 Å². The minimum Gasteiger partial charge on any atom is -0.495 e. The molecule has 0 aliphatic heterocycles. The molecule has 120 valence electrons. The molecule has 0 aromatic heterocycles. The molecule has 0 heterocycles. The topological polar surface area (TPSA) is 96.3 Å². The molecule has 21 heavy (non-hydrogen) atoms. The SMILES string of the molecule is COc1cc(S(=O)(=O)N(CCO)CCO)c(OC)cc1Cl. The highest BCUT2D eigenvalue weighted by Crippen LogP contribution is 2.36. The Kier molecular flexibility index (Phi) is 6.69. The largest absolute Gasteiger partial charge is 0.495 e. The summed E-state index contributed by atoms with van der Waals surface area (Å²) < 4.78 is 36.2. The average molecular weight is 340 g/mol. The van der Waals surface area contributed by atoms with E-state index in [4.69, 9.17) is 31.3 Å². The van der Waals surface area contributed by atoms with Crippen LogP contribution in [0.15, 0.2) is 17.0 Å². The van der Waals surface area contributed by atoms with Crippen molar-refractivity contribution >= 4 is 21.6 Å². The Hall–Kier alpha value is -1.06. The van der Waals surface area contributed by atoms with Gasteiger partial charge in [-0.15, -0.1) is 0 Å². The molecular formula is C12H18ClNO6S. The van der Waals surface area contributed by atoms with Gasteiger partial charge in [0.25, 0.3) is 0 Å². The molecule has 7 nitrogen and oxygen atoms in total. The maximum absolute atomic E-state index is 12.6. The van der Waals surface area contributed by atoms with Crippen molar-refractivity contribution in [3.8, 4) is 11.5 Å². The number of hydrogen-bond donors (Lipinski definition) is 2. The van der Waals surface area contributed by atoms with Gasteiger partial charge < -0.3 is 19.7 Å². The van der Waals surface area contributed by atoms with E-state index in [1.807, 2.05) is 0 Å². The number of nitrogens with zero attached hydrogens (tertiary/aromatic N) is 1. The van der Waals surface area contributed by atoms with E-state index < -0.39 is 10.0 Å². The van der Waals surface area contributed by atoms with Crippen LogP contribution in [-0.4, -0.2) is 63.5 Å². The summed E-state index contributed by atoms with van der Waals surface area (Å²) in [6, 6.07) is 2.58. The Morgan fingerprint density at radius 2 is 1.62 bits per heavy atom. The smallest absolute Gasteiger partial charge is 0.247 e. The van der Waals surface area contributed by atoms with E-state index in [-0.39, 0.29) is 47.7 Å². The second-order valence-electron chi connectivity index (χ2n) is 3.99. The fourth-order valence-corrected chi connectivity index (χ4v) is 3.55. The lowest BCUT2D eigenvalue weighted by molar-refractivity contribution is 0.217. The molecule has 1 aromatic carbocycles. The van der Waals surface area contributed by atoms with Gasteiger partial charge in [0, 0.05) is 25.2 Å². The Labute approximate surface area is 128 Å². The normalized spacial score (nSPS) is 11.7. The Morgan fingerprint density at radius 3 is 2.05 bits per heavy atom. The van der Waals surface area contributed by atoms with Gasteiger partial charge in [0.1, 0.15) is 16.4 Å². The van der Waals surface area contributed by atoms with Crippen molar-refractivity contribution in [3.05, 3.63) is 17.2 Å². The average Bonchev–Trinajstić information content (AvgIpc) is 2.46. The Morgan fingerprint density at radius 1 is 1.10 bits per heavy atom. The van der Waals surface area contributed by atoms with Crippen LogP contribution in [0.1, 0.15) is 0 Å². The molecular weight excluding hydrogens is 322 g/mol. The first kappa shape index (κ1) is 18.0. The molecule has 0 aliphatic rings. The van der Waals surface area contributed by atoms with E-state index in [2.05, 4.69) is 0 Å². The first-order valence-electron chi connectivity index (χ1n) is 6.05. The molecule has 0 aliphatic carbocycles. The van der Waals surface area contributed by atoms with Gasteiger partial charge in [-0.2, -0.15) is 4.31 Å². The van der Waals surface area contributed by atoms with Crippen molar-refractivity contribution in [2.24, 2.45) is 0 Å². The highest BCUT2D eigenvalue weighted by Gasteiger charge is 2.28. The molecule has 0 spiro atoms. The predicted molar refractivity (Wildman–Crippen MR) is 77.5 cm³/mol. The number of methoxy groups -OCH3 is 2. The molecule has 0 atom stereocenters. The van der Waals surface area contributed by atoms with E-state index in [1.165, 1.54) is 26.4 Å². The Balaban J connectivity index is 3.40. The van der Waals surface area contributed by atoms with Gasteiger partial charge in [-0.3, -0.25) is 0 Å². The number of sulfonamides is 1. The van der Waals surface area contributed by atoms with Crippen molar-refractivity contribution in [1.82, 2.24) is 4.31 Å². The highest BCUT2D eigenvalue weighted by atomic mass is 35.5. The Bertz CT molecular complexity index is 571. The van der Waals surface area contributed by atoms with E-state index in [1.54, 1.807) is 0 Å². The maximum atomic E-state index is 12.6. The van der Waals surface area contributed by atoms with E-state index >= 15 is 0 Å². The number of aliphatic hydroxyl groups is 2. The van der Waals surface area contributed by atoms with E-state index in [0.29, 0.717) is 0 Å². The van der Waals surface area contributed by atoms with Crippen LogP contribution in [0.4, 0.5) is 0 Å². The zero-order valence-electron chi connectivity index (χ0n) is 11.7. The number of hydrogen-bond acceptors (Lipinski definition) is 6. The fourth-order valence-electron chi connectivity index (χ4n) is 1.75. The van der Waals surface area contributed by atoms with Gasteiger partial charge in [0.15, 0.2) is 0 Å². The number of ether oxygens (including phenoxy) is 2. The maximum Gasteiger partial charge on any atom is 0.247 e. The van der Waals surface area contributed by atoms with Gasteiger partial charge in [-0.25, -0.2) is 8.42 Å². The molecule has 1 aromatic rings. The van der Waals surface area contributed by atoms with Crippen LogP contribution in [-0.2, 0) is 10.0 Å². The minimum atomic E-state index is -3.97. The lowest BCUT2D eigenvalue weighted by atomic mass is 10.3. The van der Waals surface area contributed by atoms with Crippen LogP contribution in [0.25, 0.3) is 0 Å². The van der Waals surface area contributed by atoms with Crippen LogP contribution in [0.5, 0.6) is 11.5 Å². The van der Waals surface area contributed by atoms with E-state index in [9.17, 15) is 8.42 Å². The van der Waals surface area contributed by atoms with Gasteiger partial charge in [0.05, 0.1) is 32.5 Å². The molecule has 0 amide bonds. The fraction of sp³-hybridized carbons (Fsp3) is 0.500. The molecule has 0 unspecified atom stereocenters. The third kappa shape index (κ3) is 3.98. The molecule has 9 heteroatoms. The van der Waals surface area contributed by atoms with Crippen molar-refractivity contribution < 1.29 is 28.1 Å². The summed E-state index contributed by atoms with van der Waals surface area (Å²) in [5, 5.41) is 18.2. The first-order chi connectivity index (χ1) is 9.92. The van der Waals surface area contributed by atoms with Gasteiger partial charge >= 0.3 is 0 Å². The zero-order chi connectivity index (χ0) is 16.0. The lowest BCUT2D eigenvalue weighted by Crippen LogP contribution is -2.36. The first-order valence-corrected chi connectivity index (χ1v) is 7.87. The standard InChI is InChI=1S/C12H18ClNO6S/c1-19-10-8-12(11(20-2)7-9(10)13)21(17,18)14(3-5-15)4-6-16/h7-8,15-16H,3-6H2,1-2H3. The van der Waals surface area contributed by atoms with Crippen molar-refractivity contribution in [2.75, 3.05) is 40.5 Å². The molecule has 0 fully saturated rings. The number of benzene rings is 1. The molecule has 0 saturated heterocycles. The van der Waals surface area contributed by atoms with Crippen molar-refractivity contribution in [3.63, 3.8) is 0 Å². The quantitative estimate of drug-likeness (QED) is 0.708. The molecule has 0 radical (unpaired) electrons. The van der Waals surface area contributed by atoms with Crippen molar-refractivity contribution in [1.29, 1.82) is 0 Å². The third-order valence-corrected chi connectivity index (χ3v) is 4.97. The summed E-state index contributed by atoms with van der Waals surface area (Å²) in [4.78, 5) is -0.145. The summed E-state index contributed by atoms with van der Waals surface area (Å²) in [5.41, 5.74) is 0. The number of halogens is 1. The summed E-state index contributed by atoms with van der Waals surface area (Å²) in [5.74, 6) is 0.241.